The highest BCUT2D eigenvalue weighted by atomic mass is 16.2. The Bertz CT molecular complexity index is 859. The molecule has 0 unspecified atom stereocenters. The van der Waals surface area contributed by atoms with Crippen molar-refractivity contribution < 1.29 is 4.79 Å². The Labute approximate surface area is 136 Å². The predicted molar refractivity (Wildman–Crippen MR) is 90.0 cm³/mol. The lowest BCUT2D eigenvalue weighted by atomic mass is 9.98. The summed E-state index contributed by atoms with van der Waals surface area (Å²) in [6, 6.07) is 13.2. The molecule has 1 atom stereocenters. The molecule has 0 saturated carbocycles. The van der Waals surface area contributed by atoms with Gasteiger partial charge in [0.25, 0.3) is 5.91 Å². The van der Waals surface area contributed by atoms with Crippen LogP contribution in [0.1, 0.15) is 34.9 Å². The molecule has 1 amide bonds. The van der Waals surface area contributed by atoms with E-state index in [0.29, 0.717) is 5.46 Å². The van der Waals surface area contributed by atoms with Crippen molar-refractivity contribution in [3.05, 3.63) is 66.1 Å². The number of rotatable bonds is 2. The van der Waals surface area contributed by atoms with Crippen LogP contribution in [-0.4, -0.2) is 34.6 Å². The smallest absolute Gasteiger partial charge is 0.254 e. The van der Waals surface area contributed by atoms with Gasteiger partial charge in [0.05, 0.1) is 11.7 Å². The summed E-state index contributed by atoms with van der Waals surface area (Å²) >= 11 is 0. The molecule has 0 spiro atoms. The van der Waals surface area contributed by atoms with Gasteiger partial charge in [-0.05, 0) is 31.0 Å². The number of benzene rings is 1. The molecule has 1 aliphatic heterocycles. The van der Waals surface area contributed by atoms with Crippen molar-refractivity contribution >= 4 is 24.9 Å². The van der Waals surface area contributed by atoms with Gasteiger partial charge in [-0.15, -0.1) is 0 Å². The van der Waals surface area contributed by atoms with Crippen LogP contribution in [0.5, 0.6) is 0 Å². The molecule has 1 aromatic carbocycles. The van der Waals surface area contributed by atoms with Crippen LogP contribution in [-0.2, 0) is 0 Å². The quantitative estimate of drug-likeness (QED) is 0.680. The first kappa shape index (κ1) is 14.1. The topological polar surface area (TPSA) is 37.6 Å². The summed E-state index contributed by atoms with van der Waals surface area (Å²) in [7, 11) is 5.99. The minimum Gasteiger partial charge on any atom is -0.330 e. The summed E-state index contributed by atoms with van der Waals surface area (Å²) in [5.41, 5.74) is 3.03. The molecule has 2 radical (unpaired) electrons. The van der Waals surface area contributed by atoms with Crippen molar-refractivity contribution in [2.75, 3.05) is 6.54 Å². The van der Waals surface area contributed by atoms with Gasteiger partial charge in [0.1, 0.15) is 13.5 Å². The molecule has 4 nitrogen and oxygen atoms in total. The van der Waals surface area contributed by atoms with Crippen LogP contribution >= 0.6 is 0 Å². The number of aromatic nitrogens is 2. The van der Waals surface area contributed by atoms with Crippen molar-refractivity contribution in [3.63, 3.8) is 0 Å². The van der Waals surface area contributed by atoms with E-state index in [1.54, 1.807) is 0 Å². The fraction of sp³-hybridized carbons (Fsp3) is 0.222. The molecule has 112 valence electrons. The predicted octanol–water partition coefficient (Wildman–Crippen LogP) is 2.11. The second-order valence-corrected chi connectivity index (χ2v) is 5.88. The monoisotopic (exact) mass is 301 g/mol. The van der Waals surface area contributed by atoms with Crippen molar-refractivity contribution in [1.29, 1.82) is 0 Å². The van der Waals surface area contributed by atoms with Crippen molar-refractivity contribution in [1.82, 2.24) is 14.3 Å². The molecular formula is C18H16BN3O. The average Bonchev–Trinajstić information content (AvgIpc) is 3.22. The van der Waals surface area contributed by atoms with Crippen molar-refractivity contribution in [2.24, 2.45) is 0 Å². The Balaban J connectivity index is 1.69. The number of nitrogens with zero attached hydrogens (tertiary/aromatic N) is 3. The molecule has 3 heterocycles. The van der Waals surface area contributed by atoms with Crippen LogP contribution in [0.3, 0.4) is 0 Å². The number of carbonyl (C=O) groups is 1. The lowest BCUT2D eigenvalue weighted by molar-refractivity contribution is 0.0733. The van der Waals surface area contributed by atoms with Crippen LogP contribution in [0.15, 0.2) is 54.9 Å². The Morgan fingerprint density at radius 3 is 2.78 bits per heavy atom. The highest BCUT2D eigenvalue weighted by Gasteiger charge is 2.32. The highest BCUT2D eigenvalue weighted by Crippen LogP contribution is 2.32. The minimum absolute atomic E-state index is 0.0157. The zero-order chi connectivity index (χ0) is 15.8. The van der Waals surface area contributed by atoms with E-state index in [0.717, 1.165) is 36.3 Å². The van der Waals surface area contributed by atoms with Gasteiger partial charge in [0, 0.05) is 24.5 Å². The largest absolute Gasteiger partial charge is 0.330 e. The molecule has 3 aromatic rings. The highest BCUT2D eigenvalue weighted by molar-refractivity contribution is 6.36. The standard InChI is InChI=1S/C18H16BN3O/c19-14-8-4-10-21-12-15(20-17(14)21)16-9-5-11-22(16)18(23)13-6-2-1-3-7-13/h1-4,6-8,10,12,16H,5,9,11H2/t16-/m0/s1. The van der Waals surface area contributed by atoms with Gasteiger partial charge in [-0.3, -0.25) is 4.79 Å². The normalized spacial score (nSPS) is 17.7. The fourth-order valence-electron chi connectivity index (χ4n) is 3.28. The molecule has 1 fully saturated rings. The Morgan fingerprint density at radius 1 is 1.17 bits per heavy atom. The van der Waals surface area contributed by atoms with Crippen LogP contribution < -0.4 is 5.46 Å². The summed E-state index contributed by atoms with van der Waals surface area (Å²) in [4.78, 5) is 19.4. The van der Waals surface area contributed by atoms with Crippen LogP contribution in [0, 0.1) is 0 Å². The van der Waals surface area contributed by atoms with E-state index in [9.17, 15) is 4.79 Å². The molecule has 1 saturated heterocycles. The molecule has 0 aliphatic carbocycles. The van der Waals surface area contributed by atoms with Gasteiger partial charge in [-0.2, -0.15) is 0 Å². The van der Waals surface area contributed by atoms with Crippen molar-refractivity contribution in [3.8, 4) is 0 Å². The number of hydrogen-bond acceptors (Lipinski definition) is 2. The molecule has 5 heteroatoms. The summed E-state index contributed by atoms with van der Waals surface area (Å²) in [6.07, 6.45) is 5.84. The van der Waals surface area contributed by atoms with E-state index in [4.69, 9.17) is 7.85 Å². The number of fused-ring (bicyclic) bond motifs is 1. The van der Waals surface area contributed by atoms with Gasteiger partial charge < -0.3 is 9.30 Å². The first-order valence-electron chi connectivity index (χ1n) is 7.83. The zero-order valence-electron chi connectivity index (χ0n) is 12.7. The number of carbonyl (C=O) groups excluding carboxylic acids is 1. The third-order valence-corrected chi connectivity index (χ3v) is 4.41. The molecule has 0 bridgehead atoms. The molecule has 1 aliphatic rings. The maximum absolute atomic E-state index is 12.8. The number of hydrogen-bond donors (Lipinski definition) is 0. The van der Waals surface area contributed by atoms with E-state index in [2.05, 4.69) is 4.98 Å². The minimum atomic E-state index is 0.0157. The molecule has 4 rings (SSSR count). The summed E-state index contributed by atoms with van der Waals surface area (Å²) in [5.74, 6) is 0.0677. The second-order valence-electron chi connectivity index (χ2n) is 5.88. The lowest BCUT2D eigenvalue weighted by Gasteiger charge is -2.23. The van der Waals surface area contributed by atoms with Gasteiger partial charge >= 0.3 is 0 Å². The maximum atomic E-state index is 12.8. The number of amides is 1. The lowest BCUT2D eigenvalue weighted by Crippen LogP contribution is -2.30. The summed E-state index contributed by atoms with van der Waals surface area (Å²) in [5, 5.41) is 0. The molecule has 23 heavy (non-hydrogen) atoms. The summed E-state index contributed by atoms with van der Waals surface area (Å²) < 4.78 is 1.92. The van der Waals surface area contributed by atoms with Crippen molar-refractivity contribution in [2.45, 2.75) is 18.9 Å². The number of pyridine rings is 1. The van der Waals surface area contributed by atoms with E-state index in [1.165, 1.54) is 0 Å². The van der Waals surface area contributed by atoms with Gasteiger partial charge in [0.2, 0.25) is 0 Å². The second kappa shape index (κ2) is 5.58. The third-order valence-electron chi connectivity index (χ3n) is 4.41. The van der Waals surface area contributed by atoms with Gasteiger partial charge in [-0.25, -0.2) is 4.98 Å². The van der Waals surface area contributed by atoms with Crippen LogP contribution in [0.25, 0.3) is 5.65 Å². The molecule has 0 N–H and O–H groups in total. The maximum Gasteiger partial charge on any atom is 0.254 e. The van der Waals surface area contributed by atoms with Gasteiger partial charge in [-0.1, -0.05) is 29.7 Å². The Hall–Kier alpha value is -2.56. The third kappa shape index (κ3) is 2.42. The fourth-order valence-corrected chi connectivity index (χ4v) is 3.28. The van der Waals surface area contributed by atoms with E-state index in [-0.39, 0.29) is 11.9 Å². The molecule has 2 aromatic heterocycles. The van der Waals surface area contributed by atoms with Crippen LogP contribution in [0.4, 0.5) is 0 Å². The first-order chi connectivity index (χ1) is 11.2. The van der Waals surface area contributed by atoms with Gasteiger partial charge in [0.15, 0.2) is 0 Å². The SMILES string of the molecule is [B]c1cccn2cc([C@@H]3CCCN3C(=O)c3ccccc3)nc12. The average molecular weight is 301 g/mol. The van der Waals surface area contributed by atoms with Crippen LogP contribution in [0.2, 0.25) is 0 Å². The van der Waals surface area contributed by atoms with E-state index in [1.807, 2.05) is 64.2 Å². The zero-order valence-corrected chi connectivity index (χ0v) is 12.7. The Morgan fingerprint density at radius 2 is 2.00 bits per heavy atom. The van der Waals surface area contributed by atoms with E-state index >= 15 is 0 Å². The first-order valence-corrected chi connectivity index (χ1v) is 7.83. The summed E-state index contributed by atoms with van der Waals surface area (Å²) in [6.45, 7) is 0.766. The number of likely N-dealkylation sites (tertiary alicyclic amines) is 1. The number of imidazole rings is 1. The van der Waals surface area contributed by atoms with E-state index < -0.39 is 0 Å². The molecular weight excluding hydrogens is 285 g/mol. The Kier molecular flexibility index (Phi) is 3.41.